The molecule has 0 atom stereocenters. The molecule has 0 fully saturated rings. The van der Waals surface area contributed by atoms with Gasteiger partial charge in [0.25, 0.3) is 5.89 Å². The SMILES string of the molecule is Nc1cc(N)cc(-c2nc(-c3ncc[nH]3)no2)c1. The van der Waals surface area contributed by atoms with Gasteiger partial charge >= 0.3 is 0 Å². The monoisotopic (exact) mass is 242 g/mol. The van der Waals surface area contributed by atoms with Crippen LogP contribution in [-0.2, 0) is 0 Å². The number of nitrogens with one attached hydrogen (secondary N) is 1. The van der Waals surface area contributed by atoms with Gasteiger partial charge in [-0.3, -0.25) is 0 Å². The summed E-state index contributed by atoms with van der Waals surface area (Å²) in [6.07, 6.45) is 3.30. The summed E-state index contributed by atoms with van der Waals surface area (Å²) in [5.74, 6) is 1.28. The first-order valence-electron chi connectivity index (χ1n) is 5.22. The molecule has 2 aromatic heterocycles. The zero-order chi connectivity index (χ0) is 12.5. The maximum absolute atomic E-state index is 5.71. The van der Waals surface area contributed by atoms with Gasteiger partial charge in [-0.15, -0.1) is 0 Å². The van der Waals surface area contributed by atoms with Crippen LogP contribution in [0.5, 0.6) is 0 Å². The van der Waals surface area contributed by atoms with Crippen LogP contribution in [0.4, 0.5) is 11.4 Å². The van der Waals surface area contributed by atoms with E-state index in [0.29, 0.717) is 34.5 Å². The van der Waals surface area contributed by atoms with Crippen LogP contribution in [0.15, 0.2) is 35.1 Å². The number of aromatic amines is 1. The van der Waals surface area contributed by atoms with Crippen molar-refractivity contribution in [2.45, 2.75) is 0 Å². The van der Waals surface area contributed by atoms with E-state index >= 15 is 0 Å². The average molecular weight is 242 g/mol. The standard InChI is InChI=1S/C11H10N6O/c12-7-3-6(4-8(13)5-7)11-16-10(17-18-11)9-14-1-2-15-9/h1-5H,12-13H2,(H,14,15). The second-order valence-electron chi connectivity index (χ2n) is 3.75. The van der Waals surface area contributed by atoms with E-state index in [1.54, 1.807) is 30.6 Å². The Kier molecular flexibility index (Phi) is 2.23. The number of hydrogen-bond acceptors (Lipinski definition) is 6. The molecule has 1 aromatic carbocycles. The molecular weight excluding hydrogens is 232 g/mol. The molecule has 7 nitrogen and oxygen atoms in total. The minimum Gasteiger partial charge on any atom is -0.399 e. The Balaban J connectivity index is 2.03. The van der Waals surface area contributed by atoms with Crippen LogP contribution >= 0.6 is 0 Å². The Morgan fingerprint density at radius 3 is 2.56 bits per heavy atom. The number of benzene rings is 1. The molecule has 0 spiro atoms. The Bertz CT molecular complexity index is 652. The van der Waals surface area contributed by atoms with Gasteiger partial charge in [0.15, 0.2) is 5.82 Å². The van der Waals surface area contributed by atoms with E-state index < -0.39 is 0 Å². The van der Waals surface area contributed by atoms with E-state index in [-0.39, 0.29) is 0 Å². The van der Waals surface area contributed by atoms with Crippen LogP contribution in [0.1, 0.15) is 0 Å². The van der Waals surface area contributed by atoms with Gasteiger partial charge in [-0.25, -0.2) is 4.98 Å². The molecule has 0 aliphatic heterocycles. The number of imidazole rings is 1. The smallest absolute Gasteiger partial charge is 0.258 e. The second kappa shape index (κ2) is 3.88. The number of H-pyrrole nitrogens is 1. The normalized spacial score (nSPS) is 10.7. The fourth-order valence-corrected chi connectivity index (χ4v) is 1.62. The molecule has 0 saturated heterocycles. The van der Waals surface area contributed by atoms with Crippen molar-refractivity contribution in [3.05, 3.63) is 30.6 Å². The Labute approximate surface area is 102 Å². The first kappa shape index (κ1) is 10.3. The molecule has 0 amide bonds. The van der Waals surface area contributed by atoms with Gasteiger partial charge in [0.2, 0.25) is 5.82 Å². The lowest BCUT2D eigenvalue weighted by atomic mass is 10.2. The summed E-state index contributed by atoms with van der Waals surface area (Å²) in [5.41, 5.74) is 13.2. The molecule has 18 heavy (non-hydrogen) atoms. The third-order valence-corrected chi connectivity index (χ3v) is 2.36. The summed E-state index contributed by atoms with van der Waals surface area (Å²) in [6.45, 7) is 0. The largest absolute Gasteiger partial charge is 0.399 e. The fourth-order valence-electron chi connectivity index (χ4n) is 1.62. The maximum atomic E-state index is 5.71. The van der Waals surface area contributed by atoms with Gasteiger partial charge in [0.1, 0.15) is 0 Å². The first-order chi connectivity index (χ1) is 8.72. The highest BCUT2D eigenvalue weighted by Gasteiger charge is 2.12. The molecule has 0 aliphatic carbocycles. The second-order valence-corrected chi connectivity index (χ2v) is 3.75. The van der Waals surface area contributed by atoms with E-state index in [1.807, 2.05) is 0 Å². The van der Waals surface area contributed by atoms with Crippen LogP contribution in [0.25, 0.3) is 23.1 Å². The van der Waals surface area contributed by atoms with E-state index in [4.69, 9.17) is 16.0 Å². The highest BCUT2D eigenvalue weighted by Crippen LogP contribution is 2.24. The van der Waals surface area contributed by atoms with E-state index in [9.17, 15) is 0 Å². The minimum absolute atomic E-state index is 0.348. The third kappa shape index (κ3) is 1.77. The molecular formula is C11H10N6O. The molecule has 0 aliphatic rings. The Morgan fingerprint density at radius 1 is 1.11 bits per heavy atom. The van der Waals surface area contributed by atoms with Crippen molar-refractivity contribution in [3.8, 4) is 23.1 Å². The summed E-state index contributed by atoms with van der Waals surface area (Å²) >= 11 is 0. The summed E-state index contributed by atoms with van der Waals surface area (Å²) in [7, 11) is 0. The number of rotatable bonds is 2. The molecule has 3 rings (SSSR count). The first-order valence-corrected chi connectivity index (χ1v) is 5.22. The van der Waals surface area contributed by atoms with Crippen LogP contribution in [-0.4, -0.2) is 20.1 Å². The highest BCUT2D eigenvalue weighted by atomic mass is 16.5. The predicted molar refractivity (Wildman–Crippen MR) is 66.1 cm³/mol. The fraction of sp³-hybridized carbons (Fsp3) is 0. The Hall–Kier alpha value is -2.83. The van der Waals surface area contributed by atoms with Gasteiger partial charge in [-0.05, 0) is 18.2 Å². The topological polar surface area (TPSA) is 120 Å². The molecule has 5 N–H and O–H groups in total. The predicted octanol–water partition coefficient (Wildman–Crippen LogP) is 1.29. The molecule has 0 radical (unpaired) electrons. The van der Waals surface area contributed by atoms with E-state index in [0.717, 1.165) is 0 Å². The number of nitrogens with zero attached hydrogens (tertiary/aromatic N) is 3. The van der Waals surface area contributed by atoms with Gasteiger partial charge in [-0.1, -0.05) is 5.16 Å². The maximum Gasteiger partial charge on any atom is 0.258 e. The zero-order valence-corrected chi connectivity index (χ0v) is 9.29. The van der Waals surface area contributed by atoms with Gasteiger partial charge in [0, 0.05) is 29.3 Å². The van der Waals surface area contributed by atoms with Crippen LogP contribution in [0.2, 0.25) is 0 Å². The zero-order valence-electron chi connectivity index (χ0n) is 9.29. The van der Waals surface area contributed by atoms with Crippen LogP contribution < -0.4 is 11.5 Å². The van der Waals surface area contributed by atoms with Crippen molar-refractivity contribution in [1.29, 1.82) is 0 Å². The van der Waals surface area contributed by atoms with Crippen molar-refractivity contribution in [3.63, 3.8) is 0 Å². The van der Waals surface area contributed by atoms with Gasteiger partial charge < -0.3 is 21.0 Å². The third-order valence-electron chi connectivity index (χ3n) is 2.36. The lowest BCUT2D eigenvalue weighted by Gasteiger charge is -1.99. The molecule has 7 heteroatoms. The van der Waals surface area contributed by atoms with Crippen molar-refractivity contribution in [2.75, 3.05) is 11.5 Å². The van der Waals surface area contributed by atoms with Crippen molar-refractivity contribution < 1.29 is 4.52 Å². The lowest BCUT2D eigenvalue weighted by Crippen LogP contribution is -1.91. The highest BCUT2D eigenvalue weighted by molar-refractivity contribution is 5.67. The van der Waals surface area contributed by atoms with Crippen LogP contribution in [0, 0.1) is 0 Å². The van der Waals surface area contributed by atoms with E-state index in [2.05, 4.69) is 20.1 Å². The Morgan fingerprint density at radius 2 is 1.89 bits per heavy atom. The van der Waals surface area contributed by atoms with Crippen LogP contribution in [0.3, 0.4) is 0 Å². The molecule has 0 bridgehead atoms. The van der Waals surface area contributed by atoms with Crippen molar-refractivity contribution in [2.24, 2.45) is 0 Å². The number of nitrogen functional groups attached to an aromatic ring is 2. The molecule has 90 valence electrons. The summed E-state index contributed by atoms with van der Waals surface area (Å²) < 4.78 is 5.15. The molecule has 0 unspecified atom stereocenters. The van der Waals surface area contributed by atoms with Gasteiger partial charge in [-0.2, -0.15) is 4.98 Å². The van der Waals surface area contributed by atoms with E-state index in [1.165, 1.54) is 0 Å². The number of hydrogen-bond donors (Lipinski definition) is 3. The molecule has 2 heterocycles. The number of aromatic nitrogens is 4. The quantitative estimate of drug-likeness (QED) is 0.582. The van der Waals surface area contributed by atoms with Crippen molar-refractivity contribution in [1.82, 2.24) is 20.1 Å². The average Bonchev–Trinajstić information content (AvgIpc) is 2.99. The molecule has 3 aromatic rings. The number of anilines is 2. The van der Waals surface area contributed by atoms with Gasteiger partial charge in [0.05, 0.1) is 0 Å². The summed E-state index contributed by atoms with van der Waals surface area (Å²) in [6, 6.07) is 5.10. The summed E-state index contributed by atoms with van der Waals surface area (Å²) in [4.78, 5) is 11.2. The van der Waals surface area contributed by atoms with Crippen molar-refractivity contribution >= 4 is 11.4 Å². The lowest BCUT2D eigenvalue weighted by molar-refractivity contribution is 0.432. The summed E-state index contributed by atoms with van der Waals surface area (Å²) in [5, 5.41) is 3.83. The minimum atomic E-state index is 0.348. The molecule has 0 saturated carbocycles. The number of nitrogens with two attached hydrogens (primary N) is 2.